The quantitative estimate of drug-likeness (QED) is 0.884. The monoisotopic (exact) mass is 234 g/mol. The van der Waals surface area contributed by atoms with E-state index < -0.39 is 0 Å². The molecule has 3 nitrogen and oxygen atoms in total. The molecule has 16 heavy (non-hydrogen) atoms. The maximum Gasteiger partial charge on any atom is 0.131 e. The predicted molar refractivity (Wildman–Crippen MR) is 65.5 cm³/mol. The number of hydrogen-bond acceptors (Lipinski definition) is 4. The minimum Gasteiger partial charge on any atom is -0.487 e. The first-order valence-corrected chi connectivity index (χ1v) is 5.98. The standard InChI is InChI=1S/C12H14N2OS/c1-9-14-11(8-16-9)7-15-12-4-2-10(6-13)3-5-12/h2-5,8H,6-7,13H2,1H3. The molecule has 0 spiro atoms. The van der Waals surface area contributed by atoms with Crippen LogP contribution in [-0.2, 0) is 13.2 Å². The molecule has 2 rings (SSSR count). The number of thiazole rings is 1. The maximum atomic E-state index is 5.61. The number of aryl methyl sites for hydroxylation is 1. The average molecular weight is 234 g/mol. The van der Waals surface area contributed by atoms with Gasteiger partial charge in [-0.05, 0) is 24.6 Å². The summed E-state index contributed by atoms with van der Waals surface area (Å²) in [6.07, 6.45) is 0. The fraction of sp³-hybridized carbons (Fsp3) is 0.250. The Morgan fingerprint density at radius 1 is 1.31 bits per heavy atom. The molecule has 2 N–H and O–H groups in total. The third-order valence-electron chi connectivity index (χ3n) is 2.21. The largest absolute Gasteiger partial charge is 0.487 e. The number of nitrogens with two attached hydrogens (primary N) is 1. The molecule has 0 amide bonds. The molecular weight excluding hydrogens is 220 g/mol. The summed E-state index contributed by atoms with van der Waals surface area (Å²) in [6.45, 7) is 3.07. The molecule has 84 valence electrons. The van der Waals surface area contributed by atoms with E-state index in [0.29, 0.717) is 13.2 Å². The maximum absolute atomic E-state index is 5.61. The summed E-state index contributed by atoms with van der Waals surface area (Å²) in [5.74, 6) is 0.850. The van der Waals surface area contributed by atoms with Crippen molar-refractivity contribution < 1.29 is 4.74 Å². The number of hydrogen-bond donors (Lipinski definition) is 1. The topological polar surface area (TPSA) is 48.1 Å². The lowest BCUT2D eigenvalue weighted by Gasteiger charge is -2.04. The van der Waals surface area contributed by atoms with Gasteiger partial charge in [0.2, 0.25) is 0 Å². The zero-order chi connectivity index (χ0) is 11.4. The zero-order valence-corrected chi connectivity index (χ0v) is 9.96. The molecule has 0 fully saturated rings. The molecule has 1 aromatic carbocycles. The van der Waals surface area contributed by atoms with Gasteiger partial charge in [-0.3, -0.25) is 0 Å². The smallest absolute Gasteiger partial charge is 0.131 e. The average Bonchev–Trinajstić information content (AvgIpc) is 2.73. The minimum absolute atomic E-state index is 0.520. The Morgan fingerprint density at radius 3 is 2.62 bits per heavy atom. The summed E-state index contributed by atoms with van der Waals surface area (Å²) >= 11 is 1.64. The van der Waals surface area contributed by atoms with E-state index in [4.69, 9.17) is 10.5 Å². The fourth-order valence-electron chi connectivity index (χ4n) is 1.35. The van der Waals surface area contributed by atoms with Crippen molar-refractivity contribution >= 4 is 11.3 Å². The van der Waals surface area contributed by atoms with Gasteiger partial charge in [0.05, 0.1) is 10.7 Å². The Balaban J connectivity index is 1.94. The van der Waals surface area contributed by atoms with Gasteiger partial charge in [0.15, 0.2) is 0 Å². The molecule has 1 aromatic heterocycles. The Bertz CT molecular complexity index is 450. The molecule has 0 radical (unpaired) electrons. The molecule has 1 heterocycles. The normalized spacial score (nSPS) is 10.4. The lowest BCUT2D eigenvalue weighted by atomic mass is 10.2. The zero-order valence-electron chi connectivity index (χ0n) is 9.14. The van der Waals surface area contributed by atoms with E-state index >= 15 is 0 Å². The third-order valence-corrected chi connectivity index (χ3v) is 3.03. The van der Waals surface area contributed by atoms with E-state index in [1.165, 1.54) is 0 Å². The molecule has 0 aliphatic carbocycles. The number of ether oxygens (including phenoxy) is 1. The minimum atomic E-state index is 0.520. The van der Waals surface area contributed by atoms with Crippen molar-refractivity contribution in [2.24, 2.45) is 5.73 Å². The van der Waals surface area contributed by atoms with E-state index in [1.807, 2.05) is 36.6 Å². The summed E-state index contributed by atoms with van der Waals surface area (Å²) in [5.41, 5.74) is 7.60. The Kier molecular flexibility index (Phi) is 3.54. The second-order valence-corrected chi connectivity index (χ2v) is 4.56. The number of rotatable bonds is 4. The van der Waals surface area contributed by atoms with Crippen LogP contribution in [-0.4, -0.2) is 4.98 Å². The molecule has 0 saturated heterocycles. The summed E-state index contributed by atoms with van der Waals surface area (Å²) in [6, 6.07) is 7.81. The van der Waals surface area contributed by atoms with Crippen LogP contribution in [0.3, 0.4) is 0 Å². The van der Waals surface area contributed by atoms with Gasteiger partial charge >= 0.3 is 0 Å². The number of nitrogens with zero attached hydrogens (tertiary/aromatic N) is 1. The predicted octanol–water partition coefficient (Wildman–Crippen LogP) is 2.49. The van der Waals surface area contributed by atoms with Crippen LogP contribution < -0.4 is 10.5 Å². The van der Waals surface area contributed by atoms with Crippen LogP contribution in [0.5, 0.6) is 5.75 Å². The molecule has 0 aliphatic heterocycles. The van der Waals surface area contributed by atoms with Crippen molar-refractivity contribution in [3.63, 3.8) is 0 Å². The van der Waals surface area contributed by atoms with Gasteiger partial charge in [-0.1, -0.05) is 12.1 Å². The Labute approximate surface area is 98.9 Å². The van der Waals surface area contributed by atoms with Gasteiger partial charge in [-0.25, -0.2) is 4.98 Å². The van der Waals surface area contributed by atoms with Crippen LogP contribution in [0.2, 0.25) is 0 Å². The van der Waals surface area contributed by atoms with Crippen LogP contribution in [0.4, 0.5) is 0 Å². The van der Waals surface area contributed by atoms with Gasteiger partial charge in [-0.2, -0.15) is 0 Å². The van der Waals surface area contributed by atoms with Crippen molar-refractivity contribution in [1.82, 2.24) is 4.98 Å². The summed E-state index contributed by atoms with van der Waals surface area (Å²) < 4.78 is 5.61. The number of benzene rings is 1. The van der Waals surface area contributed by atoms with E-state index in [2.05, 4.69) is 4.98 Å². The van der Waals surface area contributed by atoms with E-state index in [9.17, 15) is 0 Å². The first-order chi connectivity index (χ1) is 7.78. The highest BCUT2D eigenvalue weighted by molar-refractivity contribution is 7.09. The number of aromatic nitrogens is 1. The molecular formula is C12H14N2OS. The lowest BCUT2D eigenvalue weighted by Crippen LogP contribution is -1.98. The molecule has 4 heteroatoms. The Morgan fingerprint density at radius 2 is 2.06 bits per heavy atom. The van der Waals surface area contributed by atoms with Crippen molar-refractivity contribution in [1.29, 1.82) is 0 Å². The van der Waals surface area contributed by atoms with E-state index in [1.54, 1.807) is 11.3 Å². The van der Waals surface area contributed by atoms with Crippen molar-refractivity contribution in [2.75, 3.05) is 0 Å². The molecule has 2 aromatic rings. The second kappa shape index (κ2) is 5.09. The second-order valence-electron chi connectivity index (χ2n) is 3.49. The van der Waals surface area contributed by atoms with Crippen LogP contribution in [0.25, 0.3) is 0 Å². The van der Waals surface area contributed by atoms with Crippen molar-refractivity contribution in [3.05, 3.63) is 45.9 Å². The molecule has 0 bridgehead atoms. The fourth-order valence-corrected chi connectivity index (χ4v) is 1.95. The van der Waals surface area contributed by atoms with Crippen LogP contribution in [0, 0.1) is 6.92 Å². The van der Waals surface area contributed by atoms with Crippen LogP contribution in [0.1, 0.15) is 16.3 Å². The molecule has 0 unspecified atom stereocenters. The van der Waals surface area contributed by atoms with Crippen molar-refractivity contribution in [2.45, 2.75) is 20.1 Å². The molecule has 0 atom stereocenters. The summed E-state index contributed by atoms with van der Waals surface area (Å²) in [5, 5.41) is 3.08. The van der Waals surface area contributed by atoms with Crippen molar-refractivity contribution in [3.8, 4) is 5.75 Å². The molecule has 0 saturated carbocycles. The highest BCUT2D eigenvalue weighted by Crippen LogP contribution is 2.15. The van der Waals surface area contributed by atoms with E-state index in [0.717, 1.165) is 22.0 Å². The summed E-state index contributed by atoms with van der Waals surface area (Å²) in [4.78, 5) is 4.33. The first kappa shape index (κ1) is 11.1. The lowest BCUT2D eigenvalue weighted by molar-refractivity contribution is 0.302. The third kappa shape index (κ3) is 2.81. The van der Waals surface area contributed by atoms with E-state index in [-0.39, 0.29) is 0 Å². The first-order valence-electron chi connectivity index (χ1n) is 5.11. The van der Waals surface area contributed by atoms with Gasteiger partial charge in [0.1, 0.15) is 12.4 Å². The highest BCUT2D eigenvalue weighted by atomic mass is 32.1. The van der Waals surface area contributed by atoms with Crippen LogP contribution in [0.15, 0.2) is 29.6 Å². The van der Waals surface area contributed by atoms with Gasteiger partial charge < -0.3 is 10.5 Å². The van der Waals surface area contributed by atoms with Gasteiger partial charge in [0.25, 0.3) is 0 Å². The molecule has 0 aliphatic rings. The SMILES string of the molecule is Cc1nc(COc2ccc(CN)cc2)cs1. The Hall–Kier alpha value is -1.39. The summed E-state index contributed by atoms with van der Waals surface area (Å²) in [7, 11) is 0. The van der Waals surface area contributed by atoms with Gasteiger partial charge in [-0.15, -0.1) is 11.3 Å². The highest BCUT2D eigenvalue weighted by Gasteiger charge is 1.99. The van der Waals surface area contributed by atoms with Gasteiger partial charge in [0, 0.05) is 11.9 Å². The van der Waals surface area contributed by atoms with Crippen LogP contribution >= 0.6 is 11.3 Å².